The fourth-order valence-corrected chi connectivity index (χ4v) is 4.73. The van der Waals surface area contributed by atoms with Gasteiger partial charge in [0.2, 0.25) is 5.91 Å². The number of rotatable bonds is 11. The minimum atomic E-state index is -0.836. The van der Waals surface area contributed by atoms with Gasteiger partial charge < -0.3 is 34.2 Å². The van der Waals surface area contributed by atoms with Crippen molar-refractivity contribution >= 4 is 12.2 Å². The van der Waals surface area contributed by atoms with Gasteiger partial charge in [-0.15, -0.1) is 0 Å². The maximum absolute atomic E-state index is 12.2. The topological polar surface area (TPSA) is 103 Å². The molecule has 2 heterocycles. The largest absolute Gasteiger partial charge is 0.387 e. The molecule has 2 rings (SSSR count). The number of ether oxygens (including phenoxy) is 4. The van der Waals surface area contributed by atoms with Crippen molar-refractivity contribution in [1.29, 1.82) is 0 Å². The van der Waals surface area contributed by atoms with Crippen LogP contribution < -0.4 is 5.32 Å². The van der Waals surface area contributed by atoms with Gasteiger partial charge in [0, 0.05) is 33.1 Å². The number of hydrogen-bond donors (Lipinski definition) is 2. The number of carbonyl (C=O) groups is 2. The molecule has 0 aliphatic carbocycles. The Morgan fingerprint density at radius 2 is 1.94 bits per heavy atom. The molecule has 0 saturated carbocycles. The van der Waals surface area contributed by atoms with Gasteiger partial charge in [0.05, 0.1) is 36.1 Å². The molecule has 204 valence electrons. The molecule has 0 spiro atoms. The Hall–Kier alpha value is -1.84. The van der Waals surface area contributed by atoms with Gasteiger partial charge >= 0.3 is 0 Å². The van der Waals surface area contributed by atoms with Crippen LogP contribution in [0.25, 0.3) is 0 Å². The number of amides is 1. The Balaban J connectivity index is 1.93. The molecular formula is C28H45NO7. The Morgan fingerprint density at radius 3 is 2.58 bits per heavy atom. The molecule has 2 saturated heterocycles. The van der Waals surface area contributed by atoms with E-state index in [-0.39, 0.29) is 48.7 Å². The Kier molecular flexibility index (Phi) is 12.0. The van der Waals surface area contributed by atoms with Crippen molar-refractivity contribution < 1.29 is 33.6 Å². The van der Waals surface area contributed by atoms with E-state index in [1.54, 1.807) is 20.3 Å². The standard InChI is InChI=1S/C28H45NO7/c1-18(9-12-25-27(32)28(5,34-7)17-22(36-25)14-15-30)8-11-24-19(2)16-23(21(4)35-24)29-26(31)13-10-20(3)33-6/h8-10,12-13,15,19-25,27,32H,11,14,16-17H2,1-7H3,(H,29,31)/b12-9+,13-10-,18-8+/t19-,20?,21?,22+,23?,24?,25?,27+,28?/m0/s1. The maximum atomic E-state index is 12.2. The number of methoxy groups -OCH3 is 2. The number of aldehydes is 1. The van der Waals surface area contributed by atoms with Gasteiger partial charge in [-0.25, -0.2) is 0 Å². The minimum absolute atomic E-state index is 0.0458. The molecule has 6 unspecified atom stereocenters. The molecule has 2 aliphatic rings. The lowest BCUT2D eigenvalue weighted by atomic mass is 9.84. The molecule has 0 aromatic rings. The normalized spacial score (nSPS) is 36.8. The van der Waals surface area contributed by atoms with Crippen LogP contribution in [0.4, 0.5) is 0 Å². The molecule has 36 heavy (non-hydrogen) atoms. The first kappa shape index (κ1) is 30.4. The van der Waals surface area contributed by atoms with Gasteiger partial charge in [-0.1, -0.05) is 36.8 Å². The molecule has 0 radical (unpaired) electrons. The van der Waals surface area contributed by atoms with E-state index in [2.05, 4.69) is 18.3 Å². The smallest absolute Gasteiger partial charge is 0.244 e. The van der Waals surface area contributed by atoms with Gasteiger partial charge in [0.15, 0.2) is 0 Å². The Labute approximate surface area is 216 Å². The van der Waals surface area contributed by atoms with E-state index < -0.39 is 17.8 Å². The fraction of sp³-hybridized carbons (Fsp3) is 0.714. The van der Waals surface area contributed by atoms with Crippen molar-refractivity contribution in [2.45, 2.75) is 109 Å². The highest BCUT2D eigenvalue weighted by Crippen LogP contribution is 2.34. The van der Waals surface area contributed by atoms with Gasteiger partial charge in [-0.05, 0) is 46.5 Å². The van der Waals surface area contributed by atoms with Crippen LogP contribution in [0.3, 0.4) is 0 Å². The number of allylic oxidation sites excluding steroid dienone is 2. The summed E-state index contributed by atoms with van der Waals surface area (Å²) in [6.07, 6.45) is 10.4. The zero-order chi connectivity index (χ0) is 26.9. The monoisotopic (exact) mass is 507 g/mol. The molecule has 0 bridgehead atoms. The summed E-state index contributed by atoms with van der Waals surface area (Å²) in [5.74, 6) is 0.134. The summed E-state index contributed by atoms with van der Waals surface area (Å²) in [4.78, 5) is 23.2. The second kappa shape index (κ2) is 14.2. The van der Waals surface area contributed by atoms with Gasteiger partial charge in [0.25, 0.3) is 0 Å². The summed E-state index contributed by atoms with van der Waals surface area (Å²) in [5, 5.41) is 13.8. The highest BCUT2D eigenvalue weighted by atomic mass is 16.5. The summed E-state index contributed by atoms with van der Waals surface area (Å²) in [7, 11) is 3.17. The zero-order valence-corrected chi connectivity index (χ0v) is 22.8. The summed E-state index contributed by atoms with van der Waals surface area (Å²) in [6.45, 7) is 9.85. The molecule has 9 atom stereocenters. The highest BCUT2D eigenvalue weighted by molar-refractivity contribution is 5.87. The summed E-state index contributed by atoms with van der Waals surface area (Å²) >= 11 is 0. The lowest BCUT2D eigenvalue weighted by molar-refractivity contribution is -0.206. The zero-order valence-electron chi connectivity index (χ0n) is 22.8. The first-order valence-corrected chi connectivity index (χ1v) is 12.9. The quantitative estimate of drug-likeness (QED) is 0.251. The molecule has 1 amide bonds. The Morgan fingerprint density at radius 1 is 1.22 bits per heavy atom. The van der Waals surface area contributed by atoms with E-state index in [1.807, 2.05) is 39.8 Å². The molecular weight excluding hydrogens is 462 g/mol. The second-order valence-corrected chi connectivity index (χ2v) is 10.3. The van der Waals surface area contributed by atoms with Gasteiger partial charge in [-0.2, -0.15) is 0 Å². The van der Waals surface area contributed by atoms with Gasteiger partial charge in [0.1, 0.15) is 18.5 Å². The third-order valence-electron chi connectivity index (χ3n) is 7.40. The molecule has 2 fully saturated rings. The van der Waals surface area contributed by atoms with E-state index in [9.17, 15) is 14.7 Å². The summed E-state index contributed by atoms with van der Waals surface area (Å²) < 4.78 is 22.9. The van der Waals surface area contributed by atoms with E-state index in [1.165, 1.54) is 6.08 Å². The first-order chi connectivity index (χ1) is 17.0. The van der Waals surface area contributed by atoms with Crippen LogP contribution >= 0.6 is 0 Å². The van der Waals surface area contributed by atoms with Crippen molar-refractivity contribution in [2.75, 3.05) is 14.2 Å². The predicted molar refractivity (Wildman–Crippen MR) is 139 cm³/mol. The number of nitrogens with one attached hydrogen (secondary N) is 1. The van der Waals surface area contributed by atoms with Crippen molar-refractivity contribution in [3.05, 3.63) is 36.0 Å². The van der Waals surface area contributed by atoms with Gasteiger partial charge in [-0.3, -0.25) is 4.79 Å². The van der Waals surface area contributed by atoms with Crippen LogP contribution in [0, 0.1) is 5.92 Å². The average molecular weight is 508 g/mol. The number of aliphatic hydroxyl groups is 1. The van der Waals surface area contributed by atoms with Crippen molar-refractivity contribution in [3.8, 4) is 0 Å². The minimum Gasteiger partial charge on any atom is -0.387 e. The van der Waals surface area contributed by atoms with Crippen LogP contribution in [0.1, 0.15) is 60.3 Å². The SMILES string of the molecule is COC(C)/C=C\C(=O)NC1C[C@H](C)C(C/C=C(C)/C=C/C2O[C@H](CC=O)CC(C)(OC)[C@@H]2O)OC1C. The van der Waals surface area contributed by atoms with E-state index in [0.29, 0.717) is 6.42 Å². The number of aliphatic hydroxyl groups excluding tert-OH is 1. The highest BCUT2D eigenvalue weighted by Gasteiger charge is 2.45. The number of carbonyl (C=O) groups excluding carboxylic acids is 2. The predicted octanol–water partition coefficient (Wildman–Crippen LogP) is 3.28. The lowest BCUT2D eigenvalue weighted by Crippen LogP contribution is -2.56. The first-order valence-electron chi connectivity index (χ1n) is 12.9. The van der Waals surface area contributed by atoms with Crippen LogP contribution in [-0.2, 0) is 28.5 Å². The molecule has 8 heteroatoms. The van der Waals surface area contributed by atoms with Crippen molar-refractivity contribution in [1.82, 2.24) is 5.32 Å². The van der Waals surface area contributed by atoms with Crippen LogP contribution in [0.15, 0.2) is 36.0 Å². The summed E-state index contributed by atoms with van der Waals surface area (Å²) in [6, 6.07) is -0.0458. The van der Waals surface area contributed by atoms with E-state index >= 15 is 0 Å². The second-order valence-electron chi connectivity index (χ2n) is 10.3. The van der Waals surface area contributed by atoms with E-state index in [4.69, 9.17) is 18.9 Å². The summed E-state index contributed by atoms with van der Waals surface area (Å²) in [5.41, 5.74) is 0.253. The molecule has 8 nitrogen and oxygen atoms in total. The van der Waals surface area contributed by atoms with E-state index in [0.717, 1.165) is 24.7 Å². The lowest BCUT2D eigenvalue weighted by Gasteiger charge is -2.44. The third-order valence-corrected chi connectivity index (χ3v) is 7.40. The van der Waals surface area contributed by atoms with Crippen molar-refractivity contribution in [3.63, 3.8) is 0 Å². The third kappa shape index (κ3) is 8.63. The average Bonchev–Trinajstić information content (AvgIpc) is 2.85. The molecule has 0 aromatic heterocycles. The number of hydrogen-bond acceptors (Lipinski definition) is 7. The van der Waals surface area contributed by atoms with Crippen LogP contribution in [0.2, 0.25) is 0 Å². The molecule has 2 N–H and O–H groups in total. The maximum Gasteiger partial charge on any atom is 0.244 e. The van der Waals surface area contributed by atoms with Crippen LogP contribution in [-0.4, -0.2) is 79.8 Å². The van der Waals surface area contributed by atoms with Crippen molar-refractivity contribution in [2.24, 2.45) is 5.92 Å². The Bertz CT molecular complexity index is 810. The van der Waals surface area contributed by atoms with Crippen LogP contribution in [0.5, 0.6) is 0 Å². The molecule has 0 aromatic carbocycles. The fourth-order valence-electron chi connectivity index (χ4n) is 4.73. The molecule has 2 aliphatic heterocycles.